The summed E-state index contributed by atoms with van der Waals surface area (Å²) >= 11 is 0. The first-order valence-electron chi connectivity index (χ1n) is 6.61. The zero-order chi connectivity index (χ0) is 13.0. The lowest BCUT2D eigenvalue weighted by Crippen LogP contribution is -2.41. The number of nitrogens with one attached hydrogen (secondary N) is 1. The molecule has 1 aromatic rings. The van der Waals surface area contributed by atoms with Gasteiger partial charge in [-0.2, -0.15) is 0 Å². The molecule has 1 aromatic heterocycles. The third-order valence-corrected chi connectivity index (χ3v) is 3.56. The van der Waals surface area contributed by atoms with Crippen LogP contribution in [0.15, 0.2) is 6.20 Å². The molecule has 0 radical (unpaired) electrons. The van der Waals surface area contributed by atoms with E-state index in [1.54, 1.807) is 10.9 Å². The lowest BCUT2D eigenvalue weighted by atomic mass is 9.86. The standard InChI is InChI=1S/C12H21N5O/c1-9-4-2-3-5-10(9)14-12(18)11-8-17(7-6-13)16-15-11/h8-10H,2-7,13H2,1H3,(H,14,18). The van der Waals surface area contributed by atoms with Crippen LogP contribution in [0, 0.1) is 5.92 Å². The van der Waals surface area contributed by atoms with Crippen LogP contribution >= 0.6 is 0 Å². The maximum absolute atomic E-state index is 12.0. The van der Waals surface area contributed by atoms with Crippen LogP contribution in [0.4, 0.5) is 0 Å². The van der Waals surface area contributed by atoms with E-state index in [4.69, 9.17) is 5.73 Å². The summed E-state index contributed by atoms with van der Waals surface area (Å²) in [7, 11) is 0. The van der Waals surface area contributed by atoms with Crippen molar-refractivity contribution in [2.24, 2.45) is 11.7 Å². The number of carbonyl (C=O) groups is 1. The van der Waals surface area contributed by atoms with Crippen molar-refractivity contribution in [2.45, 2.75) is 45.2 Å². The normalized spacial score (nSPS) is 23.9. The molecule has 100 valence electrons. The molecule has 1 aliphatic carbocycles. The number of hydrogen-bond donors (Lipinski definition) is 2. The van der Waals surface area contributed by atoms with Gasteiger partial charge in [0.1, 0.15) is 0 Å². The SMILES string of the molecule is CC1CCCCC1NC(=O)c1cn(CCN)nn1. The molecule has 1 fully saturated rings. The van der Waals surface area contributed by atoms with Gasteiger partial charge in [-0.25, -0.2) is 0 Å². The van der Waals surface area contributed by atoms with Crippen LogP contribution in [-0.2, 0) is 6.54 Å². The monoisotopic (exact) mass is 251 g/mol. The second-order valence-electron chi connectivity index (χ2n) is 5.00. The molecule has 1 amide bonds. The molecule has 2 atom stereocenters. The van der Waals surface area contributed by atoms with E-state index in [9.17, 15) is 4.79 Å². The van der Waals surface area contributed by atoms with Gasteiger partial charge in [0.15, 0.2) is 5.69 Å². The van der Waals surface area contributed by atoms with Crippen LogP contribution in [0.3, 0.4) is 0 Å². The first kappa shape index (κ1) is 13.0. The van der Waals surface area contributed by atoms with Gasteiger partial charge < -0.3 is 11.1 Å². The molecule has 1 heterocycles. The molecule has 1 saturated carbocycles. The van der Waals surface area contributed by atoms with E-state index in [0.717, 1.165) is 6.42 Å². The molecule has 18 heavy (non-hydrogen) atoms. The van der Waals surface area contributed by atoms with Crippen LogP contribution in [0.5, 0.6) is 0 Å². The Morgan fingerprint density at radius 1 is 1.56 bits per heavy atom. The molecule has 0 aliphatic heterocycles. The molecular formula is C12H21N5O. The topological polar surface area (TPSA) is 85.8 Å². The zero-order valence-corrected chi connectivity index (χ0v) is 10.8. The number of nitrogens with zero attached hydrogens (tertiary/aromatic N) is 3. The van der Waals surface area contributed by atoms with E-state index in [1.165, 1.54) is 19.3 Å². The fraction of sp³-hybridized carbons (Fsp3) is 0.750. The Morgan fingerprint density at radius 2 is 2.33 bits per heavy atom. The van der Waals surface area contributed by atoms with Crippen molar-refractivity contribution in [3.05, 3.63) is 11.9 Å². The molecule has 2 unspecified atom stereocenters. The molecule has 0 aromatic carbocycles. The highest BCUT2D eigenvalue weighted by atomic mass is 16.2. The average molecular weight is 251 g/mol. The Morgan fingerprint density at radius 3 is 3.06 bits per heavy atom. The largest absolute Gasteiger partial charge is 0.348 e. The Bertz CT molecular complexity index is 403. The van der Waals surface area contributed by atoms with Gasteiger partial charge in [-0.05, 0) is 18.8 Å². The van der Waals surface area contributed by atoms with Crippen molar-refractivity contribution in [1.82, 2.24) is 20.3 Å². The summed E-state index contributed by atoms with van der Waals surface area (Å²) in [4.78, 5) is 12.0. The van der Waals surface area contributed by atoms with Crippen LogP contribution in [0.25, 0.3) is 0 Å². The number of rotatable bonds is 4. The first-order valence-corrected chi connectivity index (χ1v) is 6.61. The summed E-state index contributed by atoms with van der Waals surface area (Å²) in [5.74, 6) is 0.416. The van der Waals surface area contributed by atoms with Crippen LogP contribution in [-0.4, -0.2) is 33.5 Å². The first-order chi connectivity index (χ1) is 8.70. The summed E-state index contributed by atoms with van der Waals surface area (Å²) in [6.45, 7) is 3.26. The van der Waals surface area contributed by atoms with Gasteiger partial charge in [0.25, 0.3) is 5.91 Å². The number of amides is 1. The van der Waals surface area contributed by atoms with E-state index >= 15 is 0 Å². The third kappa shape index (κ3) is 3.07. The van der Waals surface area contributed by atoms with Gasteiger partial charge in [0.05, 0.1) is 12.7 Å². The molecule has 6 heteroatoms. The molecule has 0 spiro atoms. The Balaban J connectivity index is 1.93. The summed E-state index contributed by atoms with van der Waals surface area (Å²) < 4.78 is 1.60. The lowest BCUT2D eigenvalue weighted by Gasteiger charge is -2.29. The van der Waals surface area contributed by atoms with Gasteiger partial charge in [-0.1, -0.05) is 25.0 Å². The second-order valence-corrected chi connectivity index (χ2v) is 5.00. The van der Waals surface area contributed by atoms with Gasteiger partial charge >= 0.3 is 0 Å². The molecular weight excluding hydrogens is 230 g/mol. The highest BCUT2D eigenvalue weighted by molar-refractivity contribution is 5.92. The highest BCUT2D eigenvalue weighted by Crippen LogP contribution is 2.23. The maximum atomic E-state index is 12.0. The van der Waals surface area contributed by atoms with Gasteiger partial charge in [-0.15, -0.1) is 5.10 Å². The fourth-order valence-electron chi connectivity index (χ4n) is 2.42. The highest BCUT2D eigenvalue weighted by Gasteiger charge is 2.24. The summed E-state index contributed by atoms with van der Waals surface area (Å²) in [5.41, 5.74) is 5.80. The van der Waals surface area contributed by atoms with Gasteiger partial charge in [0, 0.05) is 12.6 Å². The molecule has 0 saturated heterocycles. The Hall–Kier alpha value is -1.43. The summed E-state index contributed by atoms with van der Waals surface area (Å²) in [5, 5.41) is 10.8. The van der Waals surface area contributed by atoms with E-state index in [2.05, 4.69) is 22.6 Å². The van der Waals surface area contributed by atoms with Crippen molar-refractivity contribution < 1.29 is 4.79 Å². The number of nitrogens with two attached hydrogens (primary N) is 1. The molecule has 2 rings (SSSR count). The molecule has 6 nitrogen and oxygen atoms in total. The average Bonchev–Trinajstić information content (AvgIpc) is 2.81. The van der Waals surface area contributed by atoms with E-state index in [0.29, 0.717) is 24.7 Å². The smallest absolute Gasteiger partial charge is 0.273 e. The van der Waals surface area contributed by atoms with Crippen LogP contribution < -0.4 is 11.1 Å². The molecule has 1 aliphatic rings. The van der Waals surface area contributed by atoms with Crippen molar-refractivity contribution in [2.75, 3.05) is 6.54 Å². The van der Waals surface area contributed by atoms with E-state index in [1.807, 2.05) is 0 Å². The maximum Gasteiger partial charge on any atom is 0.273 e. The van der Waals surface area contributed by atoms with E-state index in [-0.39, 0.29) is 11.9 Å². The fourth-order valence-corrected chi connectivity index (χ4v) is 2.42. The van der Waals surface area contributed by atoms with Crippen molar-refractivity contribution in [3.63, 3.8) is 0 Å². The summed E-state index contributed by atoms with van der Waals surface area (Å²) in [6, 6.07) is 0.269. The lowest BCUT2D eigenvalue weighted by molar-refractivity contribution is 0.0905. The second kappa shape index (κ2) is 5.95. The Kier molecular flexibility index (Phi) is 4.30. The number of carbonyl (C=O) groups excluding carboxylic acids is 1. The Labute approximate surface area is 107 Å². The van der Waals surface area contributed by atoms with Crippen LogP contribution in [0.2, 0.25) is 0 Å². The van der Waals surface area contributed by atoms with E-state index < -0.39 is 0 Å². The quantitative estimate of drug-likeness (QED) is 0.818. The van der Waals surface area contributed by atoms with Gasteiger partial charge in [0.2, 0.25) is 0 Å². The molecule has 3 N–H and O–H groups in total. The minimum Gasteiger partial charge on any atom is -0.348 e. The van der Waals surface area contributed by atoms with Crippen LogP contribution in [0.1, 0.15) is 43.1 Å². The van der Waals surface area contributed by atoms with Crippen molar-refractivity contribution >= 4 is 5.91 Å². The molecule has 0 bridgehead atoms. The predicted octanol–water partition coefficient (Wildman–Crippen LogP) is 0.545. The third-order valence-electron chi connectivity index (χ3n) is 3.56. The minimum absolute atomic E-state index is 0.128. The number of hydrogen-bond acceptors (Lipinski definition) is 4. The predicted molar refractivity (Wildman–Crippen MR) is 68.0 cm³/mol. The van der Waals surface area contributed by atoms with Crippen molar-refractivity contribution in [3.8, 4) is 0 Å². The number of aromatic nitrogens is 3. The van der Waals surface area contributed by atoms with Crippen molar-refractivity contribution in [1.29, 1.82) is 0 Å². The van der Waals surface area contributed by atoms with Gasteiger partial charge in [-0.3, -0.25) is 9.48 Å². The summed E-state index contributed by atoms with van der Waals surface area (Å²) in [6.07, 6.45) is 6.35. The minimum atomic E-state index is -0.128. The zero-order valence-electron chi connectivity index (χ0n) is 10.8.